The van der Waals surface area contributed by atoms with E-state index in [1.54, 1.807) is 0 Å². The number of aryl methyl sites for hydroxylation is 3. The third-order valence-corrected chi connectivity index (χ3v) is 3.10. The molecule has 1 N–H and O–H groups in total. The molecule has 0 fully saturated rings. The lowest BCUT2D eigenvalue weighted by molar-refractivity contribution is 0.523. The second kappa shape index (κ2) is 5.93. The molecule has 1 unspecified atom stereocenters. The summed E-state index contributed by atoms with van der Waals surface area (Å²) in [6, 6.07) is 4.32. The largest absolute Gasteiger partial charge is 0.308 e. The number of nitrogens with zero attached hydrogens (tertiary/aromatic N) is 4. The van der Waals surface area contributed by atoms with Crippen LogP contribution in [0.15, 0.2) is 18.3 Å². The van der Waals surface area contributed by atoms with E-state index in [0.717, 1.165) is 30.0 Å². The summed E-state index contributed by atoms with van der Waals surface area (Å²) < 4.78 is 1.96. The molecule has 0 spiro atoms. The summed E-state index contributed by atoms with van der Waals surface area (Å²) in [6.45, 7) is 7.06. The molecule has 0 bridgehead atoms. The average molecular weight is 259 g/mol. The van der Waals surface area contributed by atoms with Crippen LogP contribution in [-0.2, 0) is 6.54 Å². The van der Waals surface area contributed by atoms with Crippen molar-refractivity contribution in [1.82, 2.24) is 25.3 Å². The summed E-state index contributed by atoms with van der Waals surface area (Å²) in [4.78, 5) is 4.43. The van der Waals surface area contributed by atoms with Gasteiger partial charge >= 0.3 is 0 Å². The van der Waals surface area contributed by atoms with Gasteiger partial charge in [-0.25, -0.2) is 4.68 Å². The van der Waals surface area contributed by atoms with E-state index in [9.17, 15) is 0 Å². The van der Waals surface area contributed by atoms with Crippen molar-refractivity contribution in [3.05, 3.63) is 41.0 Å². The highest BCUT2D eigenvalue weighted by molar-refractivity contribution is 5.29. The molecule has 2 heterocycles. The molecule has 0 aliphatic heterocycles. The molecule has 5 heteroatoms. The fourth-order valence-corrected chi connectivity index (χ4v) is 2.39. The Morgan fingerprint density at radius 2 is 1.95 bits per heavy atom. The molecule has 0 aliphatic rings. The third-order valence-electron chi connectivity index (χ3n) is 3.10. The molecular formula is C14H21N5. The van der Waals surface area contributed by atoms with E-state index in [1.807, 2.05) is 31.8 Å². The minimum atomic E-state index is 0.0990. The van der Waals surface area contributed by atoms with Crippen LogP contribution < -0.4 is 5.32 Å². The van der Waals surface area contributed by atoms with Crippen molar-refractivity contribution in [1.29, 1.82) is 0 Å². The minimum absolute atomic E-state index is 0.0990. The van der Waals surface area contributed by atoms with Crippen LogP contribution in [0.5, 0.6) is 0 Å². The number of pyridine rings is 1. The molecule has 19 heavy (non-hydrogen) atoms. The molecule has 102 valence electrons. The monoisotopic (exact) mass is 259 g/mol. The van der Waals surface area contributed by atoms with Gasteiger partial charge in [0.1, 0.15) is 0 Å². The summed E-state index contributed by atoms with van der Waals surface area (Å²) in [5.74, 6) is 0. The Balaban J connectivity index is 2.40. The molecule has 0 aliphatic carbocycles. The Kier molecular flexibility index (Phi) is 4.27. The number of aromatic nitrogens is 4. The molecule has 0 saturated carbocycles. The zero-order valence-corrected chi connectivity index (χ0v) is 12.0. The van der Waals surface area contributed by atoms with Gasteiger partial charge in [0.2, 0.25) is 0 Å². The highest BCUT2D eigenvalue weighted by Gasteiger charge is 2.18. The summed E-state index contributed by atoms with van der Waals surface area (Å²) >= 11 is 0. The van der Waals surface area contributed by atoms with E-state index in [2.05, 4.69) is 39.7 Å². The SMILES string of the molecule is CCCn1nncc1C(NC)c1cc(C)nc(C)c1. The van der Waals surface area contributed by atoms with Crippen molar-refractivity contribution in [2.45, 2.75) is 39.8 Å². The molecule has 2 aromatic rings. The van der Waals surface area contributed by atoms with E-state index in [1.165, 1.54) is 5.56 Å². The summed E-state index contributed by atoms with van der Waals surface area (Å²) in [5.41, 5.74) is 4.36. The molecule has 0 radical (unpaired) electrons. The van der Waals surface area contributed by atoms with Crippen molar-refractivity contribution in [2.24, 2.45) is 0 Å². The molecule has 0 saturated heterocycles. The maximum absolute atomic E-state index is 4.43. The van der Waals surface area contributed by atoms with Crippen LogP contribution in [0.4, 0.5) is 0 Å². The van der Waals surface area contributed by atoms with E-state index < -0.39 is 0 Å². The number of hydrogen-bond acceptors (Lipinski definition) is 4. The van der Waals surface area contributed by atoms with Crippen LogP contribution in [0.25, 0.3) is 0 Å². The predicted octanol–water partition coefficient (Wildman–Crippen LogP) is 2.01. The van der Waals surface area contributed by atoms with Crippen molar-refractivity contribution in [3.63, 3.8) is 0 Å². The number of hydrogen-bond donors (Lipinski definition) is 1. The molecule has 0 aromatic carbocycles. The van der Waals surface area contributed by atoms with Gasteiger partial charge in [0, 0.05) is 17.9 Å². The van der Waals surface area contributed by atoms with Crippen LogP contribution in [0, 0.1) is 13.8 Å². The Morgan fingerprint density at radius 1 is 1.26 bits per heavy atom. The zero-order valence-electron chi connectivity index (χ0n) is 12.0. The summed E-state index contributed by atoms with van der Waals surface area (Å²) in [7, 11) is 1.96. The molecule has 0 amide bonds. The Bertz CT molecular complexity index is 526. The fourth-order valence-electron chi connectivity index (χ4n) is 2.39. The van der Waals surface area contributed by atoms with Crippen LogP contribution in [0.2, 0.25) is 0 Å². The van der Waals surface area contributed by atoms with Crippen molar-refractivity contribution >= 4 is 0 Å². The van der Waals surface area contributed by atoms with Gasteiger partial charge in [-0.3, -0.25) is 4.98 Å². The molecular weight excluding hydrogens is 238 g/mol. The zero-order chi connectivity index (χ0) is 13.8. The molecule has 5 nitrogen and oxygen atoms in total. The Hall–Kier alpha value is -1.75. The first-order chi connectivity index (χ1) is 9.15. The lowest BCUT2D eigenvalue weighted by Crippen LogP contribution is -2.22. The van der Waals surface area contributed by atoms with Gasteiger partial charge in [-0.1, -0.05) is 12.1 Å². The minimum Gasteiger partial charge on any atom is -0.308 e. The van der Waals surface area contributed by atoms with Gasteiger partial charge < -0.3 is 5.32 Å². The van der Waals surface area contributed by atoms with Crippen molar-refractivity contribution in [2.75, 3.05) is 7.05 Å². The van der Waals surface area contributed by atoms with Gasteiger partial charge in [0.05, 0.1) is 17.9 Å². The molecule has 2 aromatic heterocycles. The van der Waals surface area contributed by atoms with Crippen LogP contribution in [0.1, 0.15) is 42.0 Å². The van der Waals surface area contributed by atoms with Crippen LogP contribution in [-0.4, -0.2) is 27.0 Å². The Labute approximate surface area is 114 Å². The van der Waals surface area contributed by atoms with Gasteiger partial charge in [-0.15, -0.1) is 5.10 Å². The maximum atomic E-state index is 4.43. The van der Waals surface area contributed by atoms with E-state index in [4.69, 9.17) is 0 Å². The average Bonchev–Trinajstić information content (AvgIpc) is 2.78. The number of rotatable bonds is 5. The highest BCUT2D eigenvalue weighted by Crippen LogP contribution is 2.22. The van der Waals surface area contributed by atoms with Gasteiger partial charge in [0.15, 0.2) is 0 Å². The molecule has 1 atom stereocenters. The van der Waals surface area contributed by atoms with Gasteiger partial charge in [-0.2, -0.15) is 0 Å². The lowest BCUT2D eigenvalue weighted by Gasteiger charge is -2.18. The quantitative estimate of drug-likeness (QED) is 0.892. The predicted molar refractivity (Wildman–Crippen MR) is 74.9 cm³/mol. The Morgan fingerprint density at radius 3 is 2.53 bits per heavy atom. The van der Waals surface area contributed by atoms with Gasteiger partial charge in [0.25, 0.3) is 0 Å². The smallest absolute Gasteiger partial charge is 0.0801 e. The lowest BCUT2D eigenvalue weighted by atomic mass is 10.0. The second-order valence-corrected chi connectivity index (χ2v) is 4.79. The van der Waals surface area contributed by atoms with E-state index in [0.29, 0.717) is 0 Å². The highest BCUT2D eigenvalue weighted by atomic mass is 15.4. The first kappa shape index (κ1) is 13.7. The number of nitrogens with one attached hydrogen (secondary N) is 1. The normalized spacial score (nSPS) is 12.6. The van der Waals surface area contributed by atoms with Crippen molar-refractivity contribution < 1.29 is 0 Å². The van der Waals surface area contributed by atoms with Crippen LogP contribution in [0.3, 0.4) is 0 Å². The van der Waals surface area contributed by atoms with E-state index in [-0.39, 0.29) is 6.04 Å². The van der Waals surface area contributed by atoms with Crippen LogP contribution >= 0.6 is 0 Å². The van der Waals surface area contributed by atoms with Crippen molar-refractivity contribution in [3.8, 4) is 0 Å². The molecule has 2 rings (SSSR count). The van der Waals surface area contributed by atoms with Gasteiger partial charge in [-0.05, 0) is 45.0 Å². The van der Waals surface area contributed by atoms with E-state index >= 15 is 0 Å². The first-order valence-electron chi connectivity index (χ1n) is 6.66. The topological polar surface area (TPSA) is 55.6 Å². The first-order valence-corrected chi connectivity index (χ1v) is 6.66. The second-order valence-electron chi connectivity index (χ2n) is 4.79. The summed E-state index contributed by atoms with van der Waals surface area (Å²) in [6.07, 6.45) is 2.88. The fraction of sp³-hybridized carbons (Fsp3) is 0.500. The summed E-state index contributed by atoms with van der Waals surface area (Å²) in [5, 5.41) is 11.5. The third kappa shape index (κ3) is 2.98. The maximum Gasteiger partial charge on any atom is 0.0801 e. The standard InChI is InChI=1S/C14H21N5/c1-5-6-19-13(9-16-18-19)14(15-4)12-7-10(2)17-11(3)8-12/h7-9,14-15H,5-6H2,1-4H3.